The van der Waals surface area contributed by atoms with Crippen molar-refractivity contribution in [1.82, 2.24) is 0 Å². The van der Waals surface area contributed by atoms with Crippen LogP contribution in [0.3, 0.4) is 0 Å². The zero-order chi connectivity index (χ0) is 36.6. The van der Waals surface area contributed by atoms with Crippen molar-refractivity contribution in [2.24, 2.45) is 0 Å². The first-order valence-electron chi connectivity index (χ1n) is 19.6. The predicted octanol–water partition coefficient (Wildman–Crippen LogP) is 13.7. The third-order valence-electron chi connectivity index (χ3n) is 12.8. The van der Waals surface area contributed by atoms with E-state index in [-0.39, 0.29) is 10.8 Å². The van der Waals surface area contributed by atoms with Crippen molar-refractivity contribution in [3.8, 4) is 11.1 Å². The molecule has 10 rings (SSSR count). The Labute approximate surface area is 320 Å². The van der Waals surface area contributed by atoms with Gasteiger partial charge in [-0.15, -0.1) is 0 Å². The van der Waals surface area contributed by atoms with Crippen molar-refractivity contribution in [3.63, 3.8) is 0 Å². The monoisotopic (exact) mass is 698 g/mol. The maximum atomic E-state index is 2.55. The molecule has 7 aromatic carbocycles. The average molecular weight is 699 g/mol. The molecule has 2 heteroatoms. The summed E-state index contributed by atoms with van der Waals surface area (Å²) in [6.07, 6.45) is 4.51. The predicted molar refractivity (Wildman–Crippen MR) is 227 cm³/mol. The minimum absolute atomic E-state index is 0.00491. The van der Waals surface area contributed by atoms with Crippen LogP contribution in [-0.4, -0.2) is 0 Å². The van der Waals surface area contributed by atoms with Crippen LogP contribution in [0.15, 0.2) is 158 Å². The van der Waals surface area contributed by atoms with Gasteiger partial charge in [-0.3, -0.25) is 0 Å². The fourth-order valence-electron chi connectivity index (χ4n) is 10.2. The van der Waals surface area contributed by atoms with E-state index in [1.807, 2.05) is 0 Å². The molecule has 7 aromatic rings. The quantitative estimate of drug-likeness (QED) is 0.171. The molecule has 0 aromatic heterocycles. The molecule has 264 valence electrons. The smallest absolute Gasteiger partial charge is 0.0465 e. The van der Waals surface area contributed by atoms with Gasteiger partial charge in [0.15, 0.2) is 0 Å². The summed E-state index contributed by atoms with van der Waals surface area (Å²) in [5.41, 5.74) is 21.4. The molecule has 0 unspecified atom stereocenters. The Balaban J connectivity index is 1.10. The highest BCUT2D eigenvalue weighted by Crippen LogP contribution is 2.56. The summed E-state index contributed by atoms with van der Waals surface area (Å²) in [6, 6.07) is 59.1. The van der Waals surface area contributed by atoms with E-state index in [1.165, 1.54) is 89.8 Å². The van der Waals surface area contributed by atoms with Crippen LogP contribution >= 0.6 is 0 Å². The lowest BCUT2D eigenvalue weighted by atomic mass is 9.76. The largest absolute Gasteiger partial charge is 0.310 e. The van der Waals surface area contributed by atoms with Crippen molar-refractivity contribution in [2.45, 2.75) is 64.2 Å². The molecule has 0 N–H and O–H groups in total. The van der Waals surface area contributed by atoms with Crippen molar-refractivity contribution in [1.29, 1.82) is 0 Å². The molecule has 0 radical (unpaired) electrons. The summed E-state index contributed by atoms with van der Waals surface area (Å²) in [4.78, 5) is 4.90. The first-order chi connectivity index (χ1) is 26.3. The van der Waals surface area contributed by atoms with Crippen LogP contribution in [0.4, 0.5) is 34.1 Å². The Bertz CT molecular complexity index is 2510. The van der Waals surface area contributed by atoms with E-state index >= 15 is 0 Å². The highest BCUT2D eigenvalue weighted by atomic mass is 15.1. The molecule has 0 heterocycles. The van der Waals surface area contributed by atoms with Gasteiger partial charge in [-0.1, -0.05) is 104 Å². The number of para-hydroxylation sites is 3. The molecule has 2 nitrogen and oxygen atoms in total. The lowest BCUT2D eigenvalue weighted by molar-refractivity contribution is 0.507. The van der Waals surface area contributed by atoms with Gasteiger partial charge in [0.25, 0.3) is 0 Å². The van der Waals surface area contributed by atoms with Crippen LogP contribution in [0.2, 0.25) is 0 Å². The van der Waals surface area contributed by atoms with Crippen LogP contribution in [0, 0.1) is 13.8 Å². The minimum Gasteiger partial charge on any atom is -0.310 e. The molecule has 0 bridgehead atoms. The number of benzene rings is 7. The normalized spacial score (nSPS) is 17.2. The molecule has 0 aliphatic heterocycles. The Hall–Kier alpha value is -5.86. The van der Waals surface area contributed by atoms with Crippen LogP contribution in [-0.2, 0) is 23.7 Å². The topological polar surface area (TPSA) is 6.48 Å². The van der Waals surface area contributed by atoms with Gasteiger partial charge < -0.3 is 9.80 Å². The third kappa shape index (κ3) is 5.00. The molecule has 54 heavy (non-hydrogen) atoms. The molecule has 0 saturated carbocycles. The van der Waals surface area contributed by atoms with Gasteiger partial charge in [-0.2, -0.15) is 0 Å². The second-order valence-corrected chi connectivity index (χ2v) is 16.3. The molecular formula is C52H46N2. The zero-order valence-electron chi connectivity index (χ0n) is 31.7. The lowest BCUT2D eigenvalue weighted by Crippen LogP contribution is -2.22. The molecular weight excluding hydrogens is 653 g/mol. The second-order valence-electron chi connectivity index (χ2n) is 16.3. The first-order valence-corrected chi connectivity index (χ1v) is 19.6. The van der Waals surface area contributed by atoms with Gasteiger partial charge in [0.2, 0.25) is 0 Å². The molecule has 0 saturated heterocycles. The van der Waals surface area contributed by atoms with Crippen molar-refractivity contribution >= 4 is 34.1 Å². The van der Waals surface area contributed by atoms with E-state index in [0.29, 0.717) is 0 Å². The molecule has 0 fully saturated rings. The number of hydrogen-bond acceptors (Lipinski definition) is 2. The van der Waals surface area contributed by atoms with Gasteiger partial charge in [-0.05, 0) is 162 Å². The van der Waals surface area contributed by atoms with Gasteiger partial charge in [0.05, 0.1) is 0 Å². The maximum absolute atomic E-state index is 2.55. The number of aryl methyl sites for hydroxylation is 4. The molecule has 0 amide bonds. The summed E-state index contributed by atoms with van der Waals surface area (Å²) in [6.45, 7) is 9.29. The summed E-state index contributed by atoms with van der Waals surface area (Å²) in [7, 11) is 0. The van der Waals surface area contributed by atoms with E-state index in [9.17, 15) is 0 Å². The van der Waals surface area contributed by atoms with E-state index in [4.69, 9.17) is 0 Å². The first kappa shape index (κ1) is 32.8. The van der Waals surface area contributed by atoms with Crippen LogP contribution in [0.1, 0.15) is 71.2 Å². The molecule has 3 aliphatic carbocycles. The third-order valence-corrected chi connectivity index (χ3v) is 12.8. The molecule has 1 atom stereocenters. The molecule has 1 spiro atoms. The summed E-state index contributed by atoms with van der Waals surface area (Å²) in [5, 5.41) is 0. The van der Waals surface area contributed by atoms with Crippen LogP contribution < -0.4 is 9.80 Å². The standard InChI is InChI=1S/C52H46N2/c1-35-30-36(2)50-45-25-24-44(34-48(45)51(3,4)49(50)31-35)54(41-18-12-7-13-19-41)43-23-21-38-27-29-52(47(38)33-43)28-26-37-20-22-42(32-46(37)52)53(39-14-8-5-9-15-39)40-16-10-6-11-17-40/h5-25,30-34H,26-29H2,1-4H3/t52-/m1/s1. The van der Waals surface area contributed by atoms with Gasteiger partial charge >= 0.3 is 0 Å². The lowest BCUT2D eigenvalue weighted by Gasteiger charge is -2.32. The van der Waals surface area contributed by atoms with E-state index in [2.05, 4.69) is 195 Å². The van der Waals surface area contributed by atoms with Crippen molar-refractivity contribution < 1.29 is 0 Å². The van der Waals surface area contributed by atoms with Crippen LogP contribution in [0.25, 0.3) is 11.1 Å². The number of nitrogens with zero attached hydrogens (tertiary/aromatic N) is 2. The fourth-order valence-corrected chi connectivity index (χ4v) is 10.2. The van der Waals surface area contributed by atoms with E-state index in [0.717, 1.165) is 25.7 Å². The van der Waals surface area contributed by atoms with Crippen LogP contribution in [0.5, 0.6) is 0 Å². The number of hydrogen-bond donors (Lipinski definition) is 0. The summed E-state index contributed by atoms with van der Waals surface area (Å²) >= 11 is 0. The van der Waals surface area contributed by atoms with E-state index in [1.54, 1.807) is 0 Å². The van der Waals surface area contributed by atoms with Gasteiger partial charge in [0, 0.05) is 45.0 Å². The number of rotatable bonds is 6. The fraction of sp³-hybridized carbons (Fsp3) is 0.192. The highest BCUT2D eigenvalue weighted by molar-refractivity contribution is 5.87. The summed E-state index contributed by atoms with van der Waals surface area (Å²) in [5.74, 6) is 0. The minimum atomic E-state index is -0.0829. The van der Waals surface area contributed by atoms with Gasteiger partial charge in [-0.25, -0.2) is 0 Å². The highest BCUT2D eigenvalue weighted by Gasteiger charge is 2.45. The zero-order valence-corrected chi connectivity index (χ0v) is 31.7. The van der Waals surface area contributed by atoms with E-state index < -0.39 is 0 Å². The van der Waals surface area contributed by atoms with Crippen molar-refractivity contribution in [2.75, 3.05) is 9.80 Å². The SMILES string of the molecule is Cc1cc(C)c2c(c1)C(C)(C)c1cc(N(c3ccccc3)c3ccc4c(c3)[C@]3(CCc5ccc(N(c6ccccc6)c6ccccc6)cc53)CC4)ccc1-2. The Morgan fingerprint density at radius 2 is 0.870 bits per heavy atom. The van der Waals surface area contributed by atoms with Crippen molar-refractivity contribution in [3.05, 3.63) is 202 Å². The average Bonchev–Trinajstić information content (AvgIpc) is 3.83. The second kappa shape index (κ2) is 12.4. The number of fused-ring (bicyclic) bond motifs is 7. The Morgan fingerprint density at radius 1 is 0.426 bits per heavy atom. The number of anilines is 6. The summed E-state index contributed by atoms with van der Waals surface area (Å²) < 4.78 is 0. The van der Waals surface area contributed by atoms with Gasteiger partial charge in [0.1, 0.15) is 0 Å². The molecule has 3 aliphatic rings. The maximum Gasteiger partial charge on any atom is 0.0465 e. The Kier molecular flexibility index (Phi) is 7.49. The Morgan fingerprint density at radius 3 is 1.37 bits per heavy atom.